The number of nitrogens with zero attached hydrogens (tertiary/aromatic N) is 2. The summed E-state index contributed by atoms with van der Waals surface area (Å²) in [5.74, 6) is 0.0716. The van der Waals surface area contributed by atoms with Crippen LogP contribution in [-0.4, -0.2) is 41.2 Å². The summed E-state index contributed by atoms with van der Waals surface area (Å²) in [5.41, 5.74) is 1.00. The van der Waals surface area contributed by atoms with E-state index in [0.717, 1.165) is 57.2 Å². The van der Waals surface area contributed by atoms with Gasteiger partial charge in [0.25, 0.3) is 0 Å². The molecule has 0 unspecified atom stereocenters. The number of carbonyl (C=O) groups is 2. The highest BCUT2D eigenvalue weighted by atomic mass is 16.3. The molecule has 0 radical (unpaired) electrons. The van der Waals surface area contributed by atoms with Crippen molar-refractivity contribution in [3.8, 4) is 0 Å². The molecule has 2 atom stereocenters. The molecular weight excluding hydrogens is 304 g/mol. The van der Waals surface area contributed by atoms with Crippen LogP contribution in [0.2, 0.25) is 0 Å². The van der Waals surface area contributed by atoms with Gasteiger partial charge in [0.05, 0.1) is 12.5 Å². The van der Waals surface area contributed by atoms with Crippen LogP contribution >= 0.6 is 0 Å². The number of hydrogen-bond donors (Lipinski definition) is 0. The lowest BCUT2D eigenvalue weighted by molar-refractivity contribution is -0.148. The number of furan rings is 1. The Morgan fingerprint density at radius 3 is 2.50 bits per heavy atom. The van der Waals surface area contributed by atoms with Crippen molar-refractivity contribution in [2.45, 2.75) is 52.0 Å². The normalized spacial score (nSPS) is 24.1. The fourth-order valence-electron chi connectivity index (χ4n) is 4.08. The third kappa shape index (κ3) is 3.65. The summed E-state index contributed by atoms with van der Waals surface area (Å²) in [6.45, 7) is 4.95. The monoisotopic (exact) mass is 332 g/mol. The zero-order chi connectivity index (χ0) is 16.9. The first-order valence-electron chi connectivity index (χ1n) is 9.29. The maximum absolute atomic E-state index is 13.1. The minimum Gasteiger partial charge on any atom is -0.472 e. The molecule has 0 aromatic carbocycles. The third-order valence-electron chi connectivity index (χ3n) is 5.47. The Labute approximate surface area is 144 Å². The molecule has 0 N–H and O–H groups in total. The van der Waals surface area contributed by atoms with E-state index < -0.39 is 0 Å². The third-order valence-corrected chi connectivity index (χ3v) is 5.47. The van der Waals surface area contributed by atoms with Gasteiger partial charge in [0.2, 0.25) is 11.8 Å². The molecule has 2 fully saturated rings. The average molecular weight is 332 g/mol. The summed E-state index contributed by atoms with van der Waals surface area (Å²) >= 11 is 0. The van der Waals surface area contributed by atoms with E-state index in [9.17, 15) is 9.59 Å². The van der Waals surface area contributed by atoms with Gasteiger partial charge in [-0.25, -0.2) is 0 Å². The van der Waals surface area contributed by atoms with E-state index in [4.69, 9.17) is 4.42 Å². The average Bonchev–Trinajstić information content (AvgIpc) is 3.32. The van der Waals surface area contributed by atoms with Gasteiger partial charge in [-0.3, -0.25) is 9.59 Å². The molecule has 2 aliphatic rings. The van der Waals surface area contributed by atoms with Crippen LogP contribution in [0, 0.1) is 11.8 Å². The summed E-state index contributed by atoms with van der Waals surface area (Å²) < 4.78 is 5.11. The molecule has 2 amide bonds. The van der Waals surface area contributed by atoms with E-state index in [1.54, 1.807) is 12.5 Å². The highest BCUT2D eigenvalue weighted by Gasteiger charge is 2.39. The maximum atomic E-state index is 13.1. The van der Waals surface area contributed by atoms with Gasteiger partial charge in [0.1, 0.15) is 0 Å². The predicted octanol–water partition coefficient (Wildman–Crippen LogP) is 3.06. The Hall–Kier alpha value is -1.78. The van der Waals surface area contributed by atoms with Crippen LogP contribution in [0.5, 0.6) is 0 Å². The standard InChI is InChI=1S/C19H28N2O3/c1-2-20(13-15-9-12-24-14-15)18(22)16-7-3-4-8-17(16)19(23)21-10-5-6-11-21/h9,12,14,16-17H,2-8,10-11,13H2,1H3/t16-,17+/m0/s1. The molecule has 1 aromatic rings. The molecule has 1 saturated carbocycles. The van der Waals surface area contributed by atoms with Crippen molar-refractivity contribution in [1.82, 2.24) is 9.80 Å². The molecular formula is C19H28N2O3. The number of hydrogen-bond acceptors (Lipinski definition) is 3. The van der Waals surface area contributed by atoms with Crippen molar-refractivity contribution in [3.05, 3.63) is 24.2 Å². The summed E-state index contributed by atoms with van der Waals surface area (Å²) in [6.07, 6.45) is 9.31. The zero-order valence-corrected chi connectivity index (χ0v) is 14.6. The summed E-state index contributed by atoms with van der Waals surface area (Å²) in [4.78, 5) is 29.8. The van der Waals surface area contributed by atoms with Gasteiger partial charge in [0, 0.05) is 43.6 Å². The molecule has 2 heterocycles. The molecule has 1 aliphatic carbocycles. The first kappa shape index (κ1) is 17.1. The SMILES string of the molecule is CCN(Cc1ccoc1)C(=O)[C@H]1CCCC[C@H]1C(=O)N1CCCC1. The van der Waals surface area contributed by atoms with Crippen molar-refractivity contribution in [3.63, 3.8) is 0 Å². The van der Waals surface area contributed by atoms with Gasteiger partial charge < -0.3 is 14.2 Å². The van der Waals surface area contributed by atoms with E-state index >= 15 is 0 Å². The Morgan fingerprint density at radius 1 is 1.17 bits per heavy atom. The van der Waals surface area contributed by atoms with Crippen LogP contribution in [0.15, 0.2) is 23.0 Å². The minimum atomic E-state index is -0.154. The van der Waals surface area contributed by atoms with Crippen LogP contribution < -0.4 is 0 Å². The largest absolute Gasteiger partial charge is 0.472 e. The van der Waals surface area contributed by atoms with Gasteiger partial charge in [-0.1, -0.05) is 12.8 Å². The van der Waals surface area contributed by atoms with E-state index in [1.807, 2.05) is 22.8 Å². The second kappa shape index (κ2) is 7.86. The maximum Gasteiger partial charge on any atom is 0.226 e. The molecule has 0 spiro atoms. The molecule has 24 heavy (non-hydrogen) atoms. The number of amides is 2. The molecule has 3 rings (SSSR count). The van der Waals surface area contributed by atoms with E-state index in [2.05, 4.69) is 0 Å². The topological polar surface area (TPSA) is 53.8 Å². The second-order valence-corrected chi connectivity index (χ2v) is 7.01. The highest BCUT2D eigenvalue weighted by Crippen LogP contribution is 2.34. The Kier molecular flexibility index (Phi) is 5.59. The summed E-state index contributed by atoms with van der Waals surface area (Å²) in [5, 5.41) is 0. The van der Waals surface area contributed by atoms with Crippen LogP contribution in [-0.2, 0) is 16.1 Å². The van der Waals surface area contributed by atoms with Crippen LogP contribution in [0.25, 0.3) is 0 Å². The first-order valence-corrected chi connectivity index (χ1v) is 9.29. The Morgan fingerprint density at radius 2 is 1.88 bits per heavy atom. The first-order chi connectivity index (χ1) is 11.7. The quantitative estimate of drug-likeness (QED) is 0.833. The van der Waals surface area contributed by atoms with Gasteiger partial charge in [-0.2, -0.15) is 0 Å². The summed E-state index contributed by atoms with van der Waals surface area (Å²) in [6, 6.07) is 1.89. The molecule has 1 aliphatic heterocycles. The Bertz CT molecular complexity index is 549. The Balaban J connectivity index is 1.70. The van der Waals surface area contributed by atoms with Gasteiger partial charge in [-0.15, -0.1) is 0 Å². The molecule has 5 nitrogen and oxygen atoms in total. The fourth-order valence-corrected chi connectivity index (χ4v) is 4.08. The number of carbonyl (C=O) groups excluding carboxylic acids is 2. The van der Waals surface area contributed by atoms with Crippen molar-refractivity contribution in [2.24, 2.45) is 11.8 Å². The van der Waals surface area contributed by atoms with E-state index in [1.165, 1.54) is 0 Å². The number of likely N-dealkylation sites (tertiary alicyclic amines) is 1. The molecule has 132 valence electrons. The lowest BCUT2D eigenvalue weighted by Crippen LogP contribution is -2.45. The van der Waals surface area contributed by atoms with Crippen molar-refractivity contribution < 1.29 is 14.0 Å². The summed E-state index contributed by atoms with van der Waals surface area (Å²) in [7, 11) is 0. The van der Waals surface area contributed by atoms with Crippen molar-refractivity contribution in [2.75, 3.05) is 19.6 Å². The van der Waals surface area contributed by atoms with Gasteiger partial charge in [-0.05, 0) is 38.7 Å². The predicted molar refractivity (Wildman–Crippen MR) is 91.1 cm³/mol. The molecule has 1 saturated heterocycles. The zero-order valence-electron chi connectivity index (χ0n) is 14.6. The van der Waals surface area contributed by atoms with E-state index in [0.29, 0.717) is 13.1 Å². The van der Waals surface area contributed by atoms with Crippen LogP contribution in [0.1, 0.15) is 51.0 Å². The lowest BCUT2D eigenvalue weighted by atomic mass is 9.77. The van der Waals surface area contributed by atoms with Crippen molar-refractivity contribution >= 4 is 11.8 Å². The molecule has 1 aromatic heterocycles. The highest BCUT2D eigenvalue weighted by molar-refractivity contribution is 5.88. The van der Waals surface area contributed by atoms with Crippen molar-refractivity contribution in [1.29, 1.82) is 0 Å². The molecule has 0 bridgehead atoms. The van der Waals surface area contributed by atoms with Gasteiger partial charge in [0.15, 0.2) is 0 Å². The van der Waals surface area contributed by atoms with Crippen LogP contribution in [0.3, 0.4) is 0 Å². The fraction of sp³-hybridized carbons (Fsp3) is 0.684. The van der Waals surface area contributed by atoms with E-state index in [-0.39, 0.29) is 23.7 Å². The lowest BCUT2D eigenvalue weighted by Gasteiger charge is -2.35. The van der Waals surface area contributed by atoms with Crippen LogP contribution in [0.4, 0.5) is 0 Å². The number of rotatable bonds is 5. The molecule has 5 heteroatoms. The minimum absolute atomic E-state index is 0.122. The van der Waals surface area contributed by atoms with Gasteiger partial charge >= 0.3 is 0 Å². The smallest absolute Gasteiger partial charge is 0.226 e. The second-order valence-electron chi connectivity index (χ2n) is 7.01.